The van der Waals surface area contributed by atoms with Gasteiger partial charge in [-0.1, -0.05) is 6.42 Å². The summed E-state index contributed by atoms with van der Waals surface area (Å²) in [6.07, 6.45) is 3.02. The smallest absolute Gasteiger partial charge is 0.340 e. The van der Waals surface area contributed by atoms with Crippen LogP contribution in [-0.2, 0) is 14.2 Å². The molecule has 4 N–H and O–H groups in total. The molecule has 0 aromatic rings. The molecule has 0 aromatic carbocycles. The first-order valence-corrected chi connectivity index (χ1v) is 8.15. The molecule has 1 fully saturated rings. The first-order valence-electron chi connectivity index (χ1n) is 6.46. The second kappa shape index (κ2) is 7.17. The third-order valence-corrected chi connectivity index (χ3v) is 4.82. The highest BCUT2D eigenvalue weighted by Crippen LogP contribution is 2.46. The largest absolute Gasteiger partial charge is 0.481 e. The van der Waals surface area contributed by atoms with Gasteiger partial charge in [0.05, 0.1) is 5.92 Å². The predicted octanol–water partition coefficient (Wildman–Crippen LogP) is 0.194. The Morgan fingerprint density at radius 3 is 2.00 bits per heavy atom. The number of carboxylic acid groups (broad SMARTS) is 2. The van der Waals surface area contributed by atoms with E-state index in [1.807, 2.05) is 4.90 Å². The molecule has 2 atom stereocenters. The van der Waals surface area contributed by atoms with Crippen molar-refractivity contribution < 1.29 is 34.2 Å². The monoisotopic (exact) mass is 309 g/mol. The van der Waals surface area contributed by atoms with Gasteiger partial charge in [0.25, 0.3) is 0 Å². The molecule has 0 spiro atoms. The van der Waals surface area contributed by atoms with Crippen LogP contribution < -0.4 is 0 Å². The van der Waals surface area contributed by atoms with Gasteiger partial charge in [-0.2, -0.15) is 0 Å². The molecule has 0 bridgehead atoms. The fourth-order valence-corrected chi connectivity index (χ4v) is 3.50. The summed E-state index contributed by atoms with van der Waals surface area (Å²) in [5.41, 5.74) is -2.19. The van der Waals surface area contributed by atoms with E-state index in [0.29, 0.717) is 6.54 Å². The highest BCUT2D eigenvalue weighted by Gasteiger charge is 2.45. The van der Waals surface area contributed by atoms with Crippen LogP contribution in [0.1, 0.15) is 25.7 Å². The first-order chi connectivity index (χ1) is 9.23. The lowest BCUT2D eigenvalue weighted by atomic mass is 10.00. The summed E-state index contributed by atoms with van der Waals surface area (Å²) in [5, 5.41) is 18.0. The van der Waals surface area contributed by atoms with Crippen molar-refractivity contribution in [1.29, 1.82) is 0 Å². The van der Waals surface area contributed by atoms with Crippen LogP contribution in [0.5, 0.6) is 0 Å². The lowest BCUT2D eigenvalue weighted by molar-refractivity contribution is -0.148. The zero-order chi connectivity index (χ0) is 15.3. The molecule has 1 heterocycles. The number of hydrogen-bond donors (Lipinski definition) is 4. The number of aliphatic carboxylic acids is 2. The molecule has 0 radical (unpaired) electrons. The molecule has 116 valence electrons. The Bertz CT molecular complexity index is 402. The van der Waals surface area contributed by atoms with E-state index in [1.165, 1.54) is 0 Å². The Labute approximate surface area is 116 Å². The van der Waals surface area contributed by atoms with Crippen molar-refractivity contribution in [3.8, 4) is 0 Å². The number of carbonyl (C=O) groups is 2. The molecule has 0 saturated carbocycles. The molecule has 2 unspecified atom stereocenters. The second-order valence-corrected chi connectivity index (χ2v) is 6.74. The molecule has 0 amide bonds. The maximum atomic E-state index is 11.2. The summed E-state index contributed by atoms with van der Waals surface area (Å²) < 4.78 is 11.2. The summed E-state index contributed by atoms with van der Waals surface area (Å²) in [5.74, 6) is -4.85. The van der Waals surface area contributed by atoms with Crippen molar-refractivity contribution in [2.75, 3.05) is 19.6 Å². The number of rotatable bonds is 7. The number of likely N-dealkylation sites (tertiary alicyclic amines) is 1. The van der Waals surface area contributed by atoms with Gasteiger partial charge in [-0.3, -0.25) is 14.2 Å². The zero-order valence-corrected chi connectivity index (χ0v) is 11.9. The minimum atomic E-state index is -5.01. The molecular formula is C11H20NO7P. The van der Waals surface area contributed by atoms with Crippen molar-refractivity contribution in [2.45, 2.75) is 31.3 Å². The van der Waals surface area contributed by atoms with Crippen molar-refractivity contribution in [2.24, 2.45) is 5.92 Å². The van der Waals surface area contributed by atoms with Gasteiger partial charge in [0, 0.05) is 0 Å². The Morgan fingerprint density at radius 2 is 1.60 bits per heavy atom. The quantitative estimate of drug-likeness (QED) is 0.489. The lowest BCUT2D eigenvalue weighted by Crippen LogP contribution is -2.39. The molecule has 9 heteroatoms. The van der Waals surface area contributed by atoms with E-state index in [4.69, 9.17) is 20.0 Å². The molecule has 1 aliphatic rings. The van der Waals surface area contributed by atoms with E-state index < -0.39 is 31.1 Å². The van der Waals surface area contributed by atoms with Crippen LogP contribution >= 0.6 is 7.60 Å². The van der Waals surface area contributed by atoms with Crippen LogP contribution in [0, 0.1) is 5.92 Å². The Hall–Kier alpha value is -0.950. The van der Waals surface area contributed by atoms with E-state index in [2.05, 4.69) is 0 Å². The van der Waals surface area contributed by atoms with Crippen molar-refractivity contribution in [3.05, 3.63) is 0 Å². The first kappa shape index (κ1) is 17.1. The number of piperidine rings is 1. The highest BCUT2D eigenvalue weighted by molar-refractivity contribution is 7.53. The minimum Gasteiger partial charge on any atom is -0.481 e. The summed E-state index contributed by atoms with van der Waals surface area (Å²) in [6.45, 7) is 1.95. The topological polar surface area (TPSA) is 135 Å². The van der Waals surface area contributed by atoms with Gasteiger partial charge in [0.2, 0.25) is 0 Å². The molecule has 1 rings (SSSR count). The average Bonchev–Trinajstić information content (AvgIpc) is 2.33. The van der Waals surface area contributed by atoms with Crippen LogP contribution in [0.3, 0.4) is 0 Å². The second-order valence-electron chi connectivity index (χ2n) is 5.01. The third-order valence-electron chi connectivity index (χ3n) is 3.52. The van der Waals surface area contributed by atoms with Gasteiger partial charge in [0.15, 0.2) is 5.66 Å². The van der Waals surface area contributed by atoms with E-state index >= 15 is 0 Å². The summed E-state index contributed by atoms with van der Waals surface area (Å²) >= 11 is 0. The van der Waals surface area contributed by atoms with E-state index in [1.54, 1.807) is 0 Å². The van der Waals surface area contributed by atoms with Gasteiger partial charge in [-0.25, -0.2) is 0 Å². The Morgan fingerprint density at radius 1 is 1.05 bits per heavy atom. The van der Waals surface area contributed by atoms with E-state index in [-0.39, 0.29) is 6.42 Å². The van der Waals surface area contributed by atoms with Crippen LogP contribution in [0.2, 0.25) is 0 Å². The number of carboxylic acids is 2. The van der Waals surface area contributed by atoms with Gasteiger partial charge < -0.3 is 24.9 Å². The minimum absolute atomic E-state index is 0.0859. The van der Waals surface area contributed by atoms with Crippen molar-refractivity contribution in [3.63, 3.8) is 0 Å². The summed E-state index contributed by atoms with van der Waals surface area (Å²) in [6, 6.07) is 0. The SMILES string of the molecule is O=C(O)C(CCN1CCCCC1)C(C(=O)O)P(=O)(O)O. The lowest BCUT2D eigenvalue weighted by Gasteiger charge is -2.28. The van der Waals surface area contributed by atoms with E-state index in [0.717, 1.165) is 32.4 Å². The van der Waals surface area contributed by atoms with E-state index in [9.17, 15) is 14.2 Å². The molecule has 20 heavy (non-hydrogen) atoms. The molecule has 1 aliphatic heterocycles. The highest BCUT2D eigenvalue weighted by atomic mass is 31.2. The van der Waals surface area contributed by atoms with Crippen LogP contribution in [0.25, 0.3) is 0 Å². The summed E-state index contributed by atoms with van der Waals surface area (Å²) in [4.78, 5) is 42.2. The Balaban J connectivity index is 2.74. The molecule has 0 aliphatic carbocycles. The van der Waals surface area contributed by atoms with Crippen molar-refractivity contribution >= 4 is 19.5 Å². The predicted molar refractivity (Wildman–Crippen MR) is 69.5 cm³/mol. The Kier molecular flexibility index (Phi) is 6.13. The third kappa shape index (κ3) is 4.86. The number of hydrogen-bond acceptors (Lipinski definition) is 4. The van der Waals surface area contributed by atoms with Gasteiger partial charge in [0.1, 0.15) is 0 Å². The van der Waals surface area contributed by atoms with Crippen LogP contribution in [-0.4, -0.2) is 62.1 Å². The van der Waals surface area contributed by atoms with Gasteiger partial charge >= 0.3 is 19.5 Å². The fraction of sp³-hybridized carbons (Fsp3) is 0.818. The fourth-order valence-electron chi connectivity index (χ4n) is 2.47. The maximum Gasteiger partial charge on any atom is 0.340 e. The summed E-state index contributed by atoms with van der Waals surface area (Å²) in [7, 11) is -5.01. The van der Waals surface area contributed by atoms with Crippen LogP contribution in [0.15, 0.2) is 0 Å². The normalized spacial score (nSPS) is 20.3. The van der Waals surface area contributed by atoms with Crippen LogP contribution in [0.4, 0.5) is 0 Å². The number of nitrogens with zero attached hydrogens (tertiary/aromatic N) is 1. The van der Waals surface area contributed by atoms with Gasteiger partial charge in [-0.05, 0) is 38.9 Å². The zero-order valence-electron chi connectivity index (χ0n) is 11.0. The van der Waals surface area contributed by atoms with Crippen molar-refractivity contribution in [1.82, 2.24) is 4.90 Å². The van der Waals surface area contributed by atoms with Gasteiger partial charge in [-0.15, -0.1) is 0 Å². The average molecular weight is 309 g/mol. The molecule has 8 nitrogen and oxygen atoms in total. The maximum absolute atomic E-state index is 11.2. The molecule has 0 aromatic heterocycles. The standard InChI is InChI=1S/C11H20NO7P/c13-10(14)8(9(11(15)16)20(17,18)19)4-7-12-5-2-1-3-6-12/h8-9H,1-7H2,(H,13,14)(H,15,16)(H2,17,18,19). The molecular weight excluding hydrogens is 289 g/mol. The molecule has 1 saturated heterocycles.